The van der Waals surface area contributed by atoms with Gasteiger partial charge in [0.2, 0.25) is 5.65 Å². The van der Waals surface area contributed by atoms with Crippen molar-refractivity contribution >= 4 is 27.2 Å². The Kier molecular flexibility index (Phi) is 2.43. The monoisotopic (exact) mass is 297 g/mol. The van der Waals surface area contributed by atoms with Gasteiger partial charge in [0, 0.05) is 16.3 Å². The van der Waals surface area contributed by atoms with E-state index >= 15 is 0 Å². The fourth-order valence-corrected chi connectivity index (χ4v) is 3.08. The first-order chi connectivity index (χ1) is 11.4. The highest BCUT2D eigenvalue weighted by atomic mass is 15.6. The molecule has 0 saturated carbocycles. The number of aromatic nitrogens is 5. The van der Waals surface area contributed by atoms with Crippen LogP contribution in [0.5, 0.6) is 0 Å². The second-order valence-electron chi connectivity index (χ2n) is 5.41. The average Bonchev–Trinajstić information content (AvgIpc) is 3.09. The summed E-state index contributed by atoms with van der Waals surface area (Å²) in [6.07, 6.45) is 0. The fraction of sp³-hybridized carbons (Fsp3) is 0. The summed E-state index contributed by atoms with van der Waals surface area (Å²) in [5.74, 6) is 0. The van der Waals surface area contributed by atoms with Crippen molar-refractivity contribution in [2.45, 2.75) is 0 Å². The predicted molar refractivity (Wildman–Crippen MR) is 89.0 cm³/mol. The van der Waals surface area contributed by atoms with Gasteiger partial charge in [0.15, 0.2) is 0 Å². The van der Waals surface area contributed by atoms with Crippen molar-refractivity contribution in [3.05, 3.63) is 66.7 Å². The summed E-state index contributed by atoms with van der Waals surface area (Å²) < 4.78 is 1.50. The van der Waals surface area contributed by atoms with Crippen molar-refractivity contribution in [3.63, 3.8) is 0 Å². The summed E-state index contributed by atoms with van der Waals surface area (Å²) in [6, 6.07) is 22.7. The van der Waals surface area contributed by atoms with Crippen molar-refractivity contribution in [1.82, 2.24) is 25.3 Å². The van der Waals surface area contributed by atoms with Gasteiger partial charge in [-0.25, -0.2) is 0 Å². The second-order valence-corrected chi connectivity index (χ2v) is 5.41. The second kappa shape index (κ2) is 4.58. The molecule has 5 aromatic rings. The third-order valence-corrected chi connectivity index (χ3v) is 4.12. The quantitative estimate of drug-likeness (QED) is 0.475. The molecular formula is C18H11N5. The summed E-state index contributed by atoms with van der Waals surface area (Å²) >= 11 is 0. The first-order valence-electron chi connectivity index (χ1n) is 7.37. The molecule has 5 rings (SSSR count). The van der Waals surface area contributed by atoms with Crippen molar-refractivity contribution in [1.29, 1.82) is 0 Å². The van der Waals surface area contributed by atoms with Crippen molar-refractivity contribution in [3.8, 4) is 11.3 Å². The molecule has 0 aliphatic rings. The van der Waals surface area contributed by atoms with E-state index in [4.69, 9.17) is 0 Å². The normalized spacial score (nSPS) is 11.5. The van der Waals surface area contributed by atoms with E-state index in [9.17, 15) is 0 Å². The molecule has 5 heteroatoms. The Morgan fingerprint density at radius 3 is 2.35 bits per heavy atom. The van der Waals surface area contributed by atoms with E-state index in [0.717, 1.165) is 22.0 Å². The van der Waals surface area contributed by atoms with Gasteiger partial charge < -0.3 is 0 Å². The lowest BCUT2D eigenvalue weighted by Gasteiger charge is -2.09. The number of nitrogens with zero attached hydrogens (tertiary/aromatic N) is 5. The standard InChI is InChI=1S/C18H11N5/c1-2-8-13-12(6-1)7-5-11-14(13)17-15-9-3-4-10-16(15)18-19-21-22-23(18)20-17/h1-11H. The Balaban J connectivity index is 1.98. The van der Waals surface area contributed by atoms with Gasteiger partial charge in [-0.15, -0.1) is 14.8 Å². The van der Waals surface area contributed by atoms with Crippen molar-refractivity contribution < 1.29 is 0 Å². The number of fused-ring (bicyclic) bond motifs is 4. The summed E-state index contributed by atoms with van der Waals surface area (Å²) in [4.78, 5) is 0. The summed E-state index contributed by atoms with van der Waals surface area (Å²) in [5, 5.41) is 20.9. The lowest BCUT2D eigenvalue weighted by molar-refractivity contribution is 0.739. The van der Waals surface area contributed by atoms with E-state index in [1.165, 1.54) is 15.4 Å². The number of hydrogen-bond acceptors (Lipinski definition) is 4. The Bertz CT molecular complexity index is 1170. The van der Waals surface area contributed by atoms with E-state index in [2.05, 4.69) is 57.0 Å². The van der Waals surface area contributed by atoms with Gasteiger partial charge in [-0.1, -0.05) is 66.7 Å². The molecule has 0 atom stereocenters. The molecule has 0 radical (unpaired) electrons. The van der Waals surface area contributed by atoms with Crippen molar-refractivity contribution in [2.75, 3.05) is 0 Å². The third kappa shape index (κ3) is 1.73. The number of tetrazole rings is 1. The molecule has 0 aliphatic heterocycles. The lowest BCUT2D eigenvalue weighted by atomic mass is 9.99. The van der Waals surface area contributed by atoms with Crippen molar-refractivity contribution in [2.24, 2.45) is 0 Å². The first kappa shape index (κ1) is 12.2. The number of benzene rings is 3. The van der Waals surface area contributed by atoms with Crippen LogP contribution >= 0.6 is 0 Å². The highest BCUT2D eigenvalue weighted by molar-refractivity contribution is 6.06. The Morgan fingerprint density at radius 2 is 1.43 bits per heavy atom. The highest BCUT2D eigenvalue weighted by Gasteiger charge is 2.14. The lowest BCUT2D eigenvalue weighted by Crippen LogP contribution is -1.99. The largest absolute Gasteiger partial charge is 0.207 e. The van der Waals surface area contributed by atoms with E-state index in [1.54, 1.807) is 0 Å². The van der Waals surface area contributed by atoms with Gasteiger partial charge in [-0.05, 0) is 21.2 Å². The molecule has 0 N–H and O–H groups in total. The average molecular weight is 297 g/mol. The van der Waals surface area contributed by atoms with Gasteiger partial charge in [-0.3, -0.25) is 0 Å². The van der Waals surface area contributed by atoms with Gasteiger partial charge in [-0.2, -0.15) is 0 Å². The first-order valence-corrected chi connectivity index (χ1v) is 7.37. The molecule has 108 valence electrons. The van der Waals surface area contributed by atoms with E-state index in [-0.39, 0.29) is 0 Å². The smallest absolute Gasteiger partial charge is 0.146 e. The molecule has 0 fully saturated rings. The molecule has 0 aliphatic carbocycles. The van der Waals surface area contributed by atoms with E-state index in [0.29, 0.717) is 5.65 Å². The molecule has 0 bridgehead atoms. The molecule has 0 unspecified atom stereocenters. The maximum absolute atomic E-state index is 4.66. The number of hydrogen-bond donors (Lipinski definition) is 0. The van der Waals surface area contributed by atoms with E-state index < -0.39 is 0 Å². The SMILES string of the molecule is c1ccc2c(-c3nn4nnnc4c4ccccc34)cccc2c1. The molecule has 0 saturated heterocycles. The summed E-state index contributed by atoms with van der Waals surface area (Å²) in [5.41, 5.74) is 2.64. The Morgan fingerprint density at radius 1 is 0.696 bits per heavy atom. The van der Waals surface area contributed by atoms with Crippen LogP contribution in [-0.2, 0) is 0 Å². The molecule has 3 aromatic carbocycles. The maximum Gasteiger partial charge on any atom is 0.207 e. The molecule has 2 heterocycles. The van der Waals surface area contributed by atoms with E-state index in [1.807, 2.05) is 30.3 Å². The van der Waals surface area contributed by atoms with Gasteiger partial charge in [0.1, 0.15) is 5.69 Å². The van der Waals surface area contributed by atoms with Gasteiger partial charge in [0.05, 0.1) is 0 Å². The van der Waals surface area contributed by atoms with Gasteiger partial charge >= 0.3 is 0 Å². The van der Waals surface area contributed by atoms with Crippen LogP contribution in [0.1, 0.15) is 0 Å². The topological polar surface area (TPSA) is 56.0 Å². The summed E-state index contributed by atoms with van der Waals surface area (Å²) in [7, 11) is 0. The zero-order chi connectivity index (χ0) is 15.2. The molecule has 23 heavy (non-hydrogen) atoms. The predicted octanol–water partition coefficient (Wildman–Crippen LogP) is 3.49. The fourth-order valence-electron chi connectivity index (χ4n) is 3.08. The molecule has 2 aromatic heterocycles. The molecule has 0 spiro atoms. The molecule has 0 amide bonds. The van der Waals surface area contributed by atoms with Crippen LogP contribution in [0.25, 0.3) is 38.4 Å². The van der Waals surface area contributed by atoms with Crippen LogP contribution in [-0.4, -0.2) is 25.3 Å². The van der Waals surface area contributed by atoms with Crippen LogP contribution in [0.4, 0.5) is 0 Å². The molecular weight excluding hydrogens is 286 g/mol. The number of rotatable bonds is 1. The van der Waals surface area contributed by atoms with Crippen LogP contribution in [0.2, 0.25) is 0 Å². The zero-order valence-electron chi connectivity index (χ0n) is 12.1. The third-order valence-electron chi connectivity index (χ3n) is 4.12. The Hall–Kier alpha value is -3.34. The zero-order valence-corrected chi connectivity index (χ0v) is 12.1. The minimum absolute atomic E-state index is 0.671. The van der Waals surface area contributed by atoms with Crippen LogP contribution in [0.15, 0.2) is 66.7 Å². The van der Waals surface area contributed by atoms with Crippen LogP contribution in [0.3, 0.4) is 0 Å². The minimum atomic E-state index is 0.671. The Labute approximate surface area is 131 Å². The van der Waals surface area contributed by atoms with Gasteiger partial charge in [0.25, 0.3) is 0 Å². The minimum Gasteiger partial charge on any atom is -0.146 e. The highest BCUT2D eigenvalue weighted by Crippen LogP contribution is 2.32. The van der Waals surface area contributed by atoms with Crippen LogP contribution < -0.4 is 0 Å². The maximum atomic E-state index is 4.66. The molecule has 5 nitrogen and oxygen atoms in total. The summed E-state index contributed by atoms with van der Waals surface area (Å²) in [6.45, 7) is 0. The van der Waals surface area contributed by atoms with Crippen LogP contribution in [0, 0.1) is 0 Å².